The molecule has 0 bridgehead atoms. The van der Waals surface area contributed by atoms with Crippen molar-refractivity contribution in [2.24, 2.45) is 34.5 Å². The van der Waals surface area contributed by atoms with Gasteiger partial charge in [-0.2, -0.15) is 0 Å². The second kappa shape index (κ2) is 5.04. The SMILES string of the molecule is C#CC[C@@]12CCC[C@H]1[C@@H]1CCC3CCCC[C@]3(C)[C@H]1CC2. The van der Waals surface area contributed by atoms with Gasteiger partial charge in [-0.3, -0.25) is 0 Å². The van der Waals surface area contributed by atoms with Gasteiger partial charge in [0, 0.05) is 6.42 Å². The van der Waals surface area contributed by atoms with Gasteiger partial charge >= 0.3 is 0 Å². The van der Waals surface area contributed by atoms with Crippen LogP contribution in [0, 0.1) is 46.8 Å². The number of hydrogen-bond donors (Lipinski definition) is 0. The summed E-state index contributed by atoms with van der Waals surface area (Å²) in [6.45, 7) is 2.68. The first-order valence-corrected chi connectivity index (χ1v) is 9.63. The van der Waals surface area contributed by atoms with Gasteiger partial charge in [0.1, 0.15) is 0 Å². The van der Waals surface area contributed by atoms with E-state index in [4.69, 9.17) is 6.42 Å². The predicted octanol–water partition coefficient (Wildman–Crippen LogP) is 5.81. The van der Waals surface area contributed by atoms with Gasteiger partial charge in [-0.15, -0.1) is 12.3 Å². The fraction of sp³-hybridized carbons (Fsp3) is 0.905. The smallest absolute Gasteiger partial charge is 0.0145 e. The average Bonchev–Trinajstić information content (AvgIpc) is 2.91. The topological polar surface area (TPSA) is 0 Å². The van der Waals surface area contributed by atoms with Gasteiger partial charge in [-0.1, -0.05) is 26.2 Å². The minimum Gasteiger partial charge on any atom is -0.120 e. The zero-order valence-corrected chi connectivity index (χ0v) is 13.9. The lowest BCUT2D eigenvalue weighted by Gasteiger charge is -2.60. The van der Waals surface area contributed by atoms with Crippen LogP contribution >= 0.6 is 0 Å². The Bertz CT molecular complexity index is 443. The summed E-state index contributed by atoms with van der Waals surface area (Å²) in [5, 5.41) is 0. The monoisotopic (exact) mass is 284 g/mol. The van der Waals surface area contributed by atoms with Gasteiger partial charge in [-0.25, -0.2) is 0 Å². The van der Waals surface area contributed by atoms with E-state index in [0.29, 0.717) is 10.8 Å². The maximum Gasteiger partial charge on any atom is 0.0145 e. The third-order valence-corrected chi connectivity index (χ3v) is 8.56. The molecule has 21 heavy (non-hydrogen) atoms. The van der Waals surface area contributed by atoms with Crippen molar-refractivity contribution in [3.05, 3.63) is 0 Å². The first kappa shape index (κ1) is 14.2. The average molecular weight is 284 g/mol. The molecule has 4 fully saturated rings. The molecule has 0 radical (unpaired) electrons. The quantitative estimate of drug-likeness (QED) is 0.533. The summed E-state index contributed by atoms with van der Waals surface area (Å²) in [4.78, 5) is 0. The molecule has 0 aromatic carbocycles. The summed E-state index contributed by atoms with van der Waals surface area (Å²) < 4.78 is 0. The zero-order valence-electron chi connectivity index (χ0n) is 13.9. The summed E-state index contributed by atoms with van der Waals surface area (Å²) in [5.41, 5.74) is 1.25. The lowest BCUT2D eigenvalue weighted by atomic mass is 9.45. The van der Waals surface area contributed by atoms with Crippen molar-refractivity contribution >= 4 is 0 Å². The molecule has 0 heteroatoms. The third-order valence-electron chi connectivity index (χ3n) is 8.56. The van der Waals surface area contributed by atoms with E-state index in [2.05, 4.69) is 12.8 Å². The standard InChI is InChI=1S/C21H32/c1-3-12-21-14-6-8-19(21)17-10-9-16-7-4-5-13-20(16,2)18(17)11-15-21/h1,16-19H,4-15H2,2H3/t16?,17-,18+,19+,20+,21+/m1/s1. The van der Waals surface area contributed by atoms with Gasteiger partial charge in [0.15, 0.2) is 0 Å². The number of terminal acetylenes is 1. The number of rotatable bonds is 1. The van der Waals surface area contributed by atoms with Crippen LogP contribution in [0.1, 0.15) is 84.0 Å². The Labute approximate surface area is 131 Å². The van der Waals surface area contributed by atoms with Crippen LogP contribution in [0.3, 0.4) is 0 Å². The highest BCUT2D eigenvalue weighted by atomic mass is 14.6. The maximum atomic E-state index is 5.76. The van der Waals surface area contributed by atoms with Crippen molar-refractivity contribution in [1.29, 1.82) is 0 Å². The van der Waals surface area contributed by atoms with E-state index >= 15 is 0 Å². The fourth-order valence-corrected chi connectivity index (χ4v) is 7.60. The van der Waals surface area contributed by atoms with Crippen molar-refractivity contribution in [2.75, 3.05) is 0 Å². The lowest BCUT2D eigenvalue weighted by molar-refractivity contribution is -0.106. The van der Waals surface area contributed by atoms with Gasteiger partial charge in [0.05, 0.1) is 0 Å². The van der Waals surface area contributed by atoms with Crippen LogP contribution in [0.2, 0.25) is 0 Å². The van der Waals surface area contributed by atoms with Crippen molar-refractivity contribution in [1.82, 2.24) is 0 Å². The van der Waals surface area contributed by atoms with Gasteiger partial charge in [0.2, 0.25) is 0 Å². The Morgan fingerprint density at radius 1 is 0.905 bits per heavy atom. The molecule has 4 rings (SSSR count). The van der Waals surface area contributed by atoms with Crippen LogP contribution in [0.5, 0.6) is 0 Å². The van der Waals surface area contributed by atoms with E-state index in [1.807, 2.05) is 0 Å². The second-order valence-corrected chi connectivity index (χ2v) is 9.08. The lowest BCUT2D eigenvalue weighted by Crippen LogP contribution is -2.52. The van der Waals surface area contributed by atoms with E-state index in [1.165, 1.54) is 70.6 Å². The Kier molecular flexibility index (Phi) is 3.40. The van der Waals surface area contributed by atoms with Gasteiger partial charge in [0.25, 0.3) is 0 Å². The summed E-state index contributed by atoms with van der Waals surface area (Å²) in [7, 11) is 0. The van der Waals surface area contributed by atoms with Crippen LogP contribution in [0.4, 0.5) is 0 Å². The van der Waals surface area contributed by atoms with Crippen LogP contribution in [-0.2, 0) is 0 Å². The molecule has 4 saturated carbocycles. The highest BCUT2D eigenvalue weighted by Gasteiger charge is 2.58. The molecule has 4 aliphatic rings. The first-order chi connectivity index (χ1) is 10.2. The molecule has 0 aromatic heterocycles. The van der Waals surface area contributed by atoms with E-state index in [-0.39, 0.29) is 0 Å². The predicted molar refractivity (Wildman–Crippen MR) is 88.7 cm³/mol. The summed E-state index contributed by atoms with van der Waals surface area (Å²) >= 11 is 0. The number of hydrogen-bond acceptors (Lipinski definition) is 0. The molecule has 6 atom stereocenters. The van der Waals surface area contributed by atoms with Crippen molar-refractivity contribution < 1.29 is 0 Å². The number of fused-ring (bicyclic) bond motifs is 5. The molecule has 116 valence electrons. The molecule has 0 aromatic rings. The zero-order chi connectivity index (χ0) is 14.5. The highest BCUT2D eigenvalue weighted by Crippen LogP contribution is 2.66. The van der Waals surface area contributed by atoms with Crippen LogP contribution in [-0.4, -0.2) is 0 Å². The van der Waals surface area contributed by atoms with E-state index in [9.17, 15) is 0 Å². The molecule has 0 heterocycles. The molecule has 1 unspecified atom stereocenters. The van der Waals surface area contributed by atoms with Crippen LogP contribution in [0.25, 0.3) is 0 Å². The maximum absolute atomic E-state index is 5.76. The summed E-state index contributed by atoms with van der Waals surface area (Å²) in [5.74, 6) is 7.14. The normalized spacial score (nSPS) is 52.4. The summed E-state index contributed by atoms with van der Waals surface area (Å²) in [6.07, 6.45) is 23.3. The Morgan fingerprint density at radius 3 is 2.67 bits per heavy atom. The van der Waals surface area contributed by atoms with Gasteiger partial charge in [-0.05, 0) is 85.9 Å². The van der Waals surface area contributed by atoms with Crippen molar-refractivity contribution in [3.8, 4) is 12.3 Å². The van der Waals surface area contributed by atoms with E-state index < -0.39 is 0 Å². The molecular weight excluding hydrogens is 252 g/mol. The van der Waals surface area contributed by atoms with Gasteiger partial charge < -0.3 is 0 Å². The second-order valence-electron chi connectivity index (χ2n) is 9.08. The molecular formula is C21H32. The largest absolute Gasteiger partial charge is 0.120 e. The van der Waals surface area contributed by atoms with Crippen LogP contribution < -0.4 is 0 Å². The fourth-order valence-electron chi connectivity index (χ4n) is 7.60. The Balaban J connectivity index is 1.63. The minimum absolute atomic E-state index is 0.563. The minimum atomic E-state index is 0.563. The summed E-state index contributed by atoms with van der Waals surface area (Å²) in [6, 6.07) is 0. The van der Waals surface area contributed by atoms with Crippen molar-refractivity contribution in [2.45, 2.75) is 84.0 Å². The highest BCUT2D eigenvalue weighted by molar-refractivity contribution is 5.10. The Morgan fingerprint density at radius 2 is 1.81 bits per heavy atom. The Hall–Kier alpha value is -0.440. The third kappa shape index (κ3) is 1.95. The molecule has 0 N–H and O–H groups in total. The van der Waals surface area contributed by atoms with E-state index in [1.54, 1.807) is 0 Å². The molecule has 0 saturated heterocycles. The first-order valence-electron chi connectivity index (χ1n) is 9.63. The van der Waals surface area contributed by atoms with E-state index in [0.717, 1.165) is 30.1 Å². The van der Waals surface area contributed by atoms with Crippen LogP contribution in [0.15, 0.2) is 0 Å². The van der Waals surface area contributed by atoms with Crippen molar-refractivity contribution in [3.63, 3.8) is 0 Å². The molecule has 0 aliphatic heterocycles. The molecule has 0 spiro atoms. The molecule has 0 nitrogen and oxygen atoms in total. The molecule has 4 aliphatic carbocycles. The molecule has 0 amide bonds.